The first-order valence-corrected chi connectivity index (χ1v) is 10.5. The number of hydrogen-bond acceptors (Lipinski definition) is 5. The van der Waals surface area contributed by atoms with Gasteiger partial charge in [0.1, 0.15) is 11.0 Å². The third kappa shape index (κ3) is 6.87. The number of aromatic nitrogens is 2. The van der Waals surface area contributed by atoms with Crippen LogP contribution in [0.25, 0.3) is 0 Å². The van der Waals surface area contributed by atoms with E-state index in [1.807, 2.05) is 24.4 Å². The van der Waals surface area contributed by atoms with Gasteiger partial charge in [0.15, 0.2) is 5.96 Å². The molecule has 1 atom stereocenters. The van der Waals surface area contributed by atoms with Crippen molar-refractivity contribution in [2.45, 2.75) is 32.9 Å². The van der Waals surface area contributed by atoms with E-state index in [1.165, 1.54) is 0 Å². The second-order valence-electron chi connectivity index (χ2n) is 7.01. The second-order valence-corrected chi connectivity index (χ2v) is 7.40. The molecular formula is C21H29ClN6O. The summed E-state index contributed by atoms with van der Waals surface area (Å²) < 4.78 is 5.62. The van der Waals surface area contributed by atoms with Gasteiger partial charge in [-0.1, -0.05) is 17.7 Å². The first kappa shape index (κ1) is 21.3. The van der Waals surface area contributed by atoms with Crippen molar-refractivity contribution in [3.8, 4) is 0 Å². The number of pyridine rings is 2. The number of nitrogens with one attached hydrogen (secondary N) is 2. The monoisotopic (exact) mass is 416 g/mol. The van der Waals surface area contributed by atoms with Gasteiger partial charge >= 0.3 is 0 Å². The van der Waals surface area contributed by atoms with Crippen LogP contribution in [-0.2, 0) is 17.7 Å². The van der Waals surface area contributed by atoms with Crippen LogP contribution in [0.3, 0.4) is 0 Å². The van der Waals surface area contributed by atoms with Crippen molar-refractivity contribution in [1.82, 2.24) is 20.6 Å². The Morgan fingerprint density at radius 2 is 2.17 bits per heavy atom. The van der Waals surface area contributed by atoms with E-state index in [2.05, 4.69) is 45.4 Å². The molecule has 7 nitrogen and oxygen atoms in total. The molecular weight excluding hydrogens is 388 g/mol. The van der Waals surface area contributed by atoms with Gasteiger partial charge in [0.25, 0.3) is 0 Å². The summed E-state index contributed by atoms with van der Waals surface area (Å²) >= 11 is 5.84. The Kier molecular flexibility index (Phi) is 8.07. The van der Waals surface area contributed by atoms with E-state index in [-0.39, 0.29) is 6.10 Å². The fourth-order valence-corrected chi connectivity index (χ4v) is 3.26. The van der Waals surface area contributed by atoms with E-state index in [9.17, 15) is 0 Å². The molecule has 29 heavy (non-hydrogen) atoms. The van der Waals surface area contributed by atoms with Crippen LogP contribution in [0.4, 0.5) is 5.82 Å². The number of nitrogens with zero attached hydrogens (tertiary/aromatic N) is 4. The summed E-state index contributed by atoms with van der Waals surface area (Å²) in [6.07, 6.45) is 4.74. The minimum atomic E-state index is 0.229. The van der Waals surface area contributed by atoms with Gasteiger partial charge in [-0.3, -0.25) is 0 Å². The molecule has 0 aliphatic carbocycles. The lowest BCUT2D eigenvalue weighted by Crippen LogP contribution is -2.41. The predicted molar refractivity (Wildman–Crippen MR) is 118 cm³/mol. The lowest BCUT2D eigenvalue weighted by Gasteiger charge is -2.32. The van der Waals surface area contributed by atoms with E-state index >= 15 is 0 Å². The number of hydrogen-bond donors (Lipinski definition) is 2. The topological polar surface area (TPSA) is 74.7 Å². The highest BCUT2D eigenvalue weighted by Gasteiger charge is 2.17. The molecule has 1 aliphatic rings. The zero-order valence-electron chi connectivity index (χ0n) is 17.1. The number of rotatable bonds is 7. The molecule has 0 radical (unpaired) electrons. The zero-order chi connectivity index (χ0) is 20.5. The molecule has 8 heteroatoms. The smallest absolute Gasteiger partial charge is 0.191 e. The van der Waals surface area contributed by atoms with Gasteiger partial charge in [0.2, 0.25) is 0 Å². The van der Waals surface area contributed by atoms with Crippen LogP contribution in [0.2, 0.25) is 5.15 Å². The minimum Gasteiger partial charge on any atom is -0.375 e. The van der Waals surface area contributed by atoms with E-state index < -0.39 is 0 Å². The van der Waals surface area contributed by atoms with Crippen LogP contribution in [0, 0.1) is 0 Å². The molecule has 3 rings (SSSR count). The van der Waals surface area contributed by atoms with Crippen molar-refractivity contribution >= 4 is 23.4 Å². The van der Waals surface area contributed by atoms with Gasteiger partial charge in [0.05, 0.1) is 19.3 Å². The van der Waals surface area contributed by atoms with Gasteiger partial charge in [-0.2, -0.15) is 0 Å². The summed E-state index contributed by atoms with van der Waals surface area (Å²) in [6.45, 7) is 8.79. The number of ether oxygens (including phenoxy) is 1. The summed E-state index contributed by atoms with van der Waals surface area (Å²) in [5.74, 6) is 1.79. The Morgan fingerprint density at radius 1 is 1.28 bits per heavy atom. The number of guanidine groups is 1. The van der Waals surface area contributed by atoms with Crippen molar-refractivity contribution in [2.24, 2.45) is 4.99 Å². The lowest BCUT2D eigenvalue weighted by atomic mass is 10.2. The zero-order valence-corrected chi connectivity index (χ0v) is 17.8. The van der Waals surface area contributed by atoms with Gasteiger partial charge in [-0.15, -0.1) is 0 Å². The van der Waals surface area contributed by atoms with Gasteiger partial charge in [0, 0.05) is 38.6 Å². The van der Waals surface area contributed by atoms with Crippen molar-refractivity contribution in [3.05, 3.63) is 52.9 Å². The van der Waals surface area contributed by atoms with Crippen LogP contribution >= 0.6 is 11.6 Å². The third-order valence-corrected chi connectivity index (χ3v) is 4.86. The molecule has 1 aliphatic heterocycles. The fourth-order valence-electron chi connectivity index (χ4n) is 3.15. The normalized spacial score (nSPS) is 17.3. The van der Waals surface area contributed by atoms with E-state index in [1.54, 1.807) is 6.20 Å². The summed E-state index contributed by atoms with van der Waals surface area (Å²) in [6, 6.07) is 7.93. The maximum atomic E-state index is 5.84. The first-order chi connectivity index (χ1) is 14.1. The largest absolute Gasteiger partial charge is 0.375 e. The lowest BCUT2D eigenvalue weighted by molar-refractivity contribution is 0.0529. The molecule has 0 aromatic carbocycles. The Labute approximate surface area is 177 Å². The molecule has 0 saturated carbocycles. The van der Waals surface area contributed by atoms with Crippen molar-refractivity contribution in [2.75, 3.05) is 37.7 Å². The molecule has 2 N–H and O–H groups in total. The highest BCUT2D eigenvalue weighted by Crippen LogP contribution is 2.17. The van der Waals surface area contributed by atoms with Crippen molar-refractivity contribution in [1.29, 1.82) is 0 Å². The quantitative estimate of drug-likeness (QED) is 0.410. The fraction of sp³-hybridized carbons (Fsp3) is 0.476. The van der Waals surface area contributed by atoms with Crippen molar-refractivity contribution < 1.29 is 4.74 Å². The molecule has 0 bridgehead atoms. The second kappa shape index (κ2) is 11.0. The summed E-state index contributed by atoms with van der Waals surface area (Å²) in [4.78, 5) is 15.6. The molecule has 2 aromatic rings. The Balaban J connectivity index is 1.56. The standard InChI is InChI=1S/C21H29ClN6O/c1-3-23-21(25-9-6-17-4-5-19(22)26-13-17)27-14-18-7-8-24-20(12-18)28-10-11-29-16(2)15-28/h4-5,7-8,12-13,16H,3,6,9-11,14-15H2,1-2H3,(H2,23,25,27). The van der Waals surface area contributed by atoms with E-state index in [4.69, 9.17) is 21.3 Å². The highest BCUT2D eigenvalue weighted by atomic mass is 35.5. The summed E-state index contributed by atoms with van der Waals surface area (Å²) in [5, 5.41) is 7.18. The first-order valence-electron chi connectivity index (χ1n) is 10.1. The van der Waals surface area contributed by atoms with Crippen LogP contribution in [-0.4, -0.2) is 54.8 Å². The molecule has 1 unspecified atom stereocenters. The molecule has 0 amide bonds. The molecule has 1 saturated heterocycles. The van der Waals surface area contributed by atoms with Gasteiger partial charge < -0.3 is 20.3 Å². The Bertz CT molecular complexity index is 798. The SMILES string of the molecule is CCNC(=NCc1ccnc(N2CCOC(C)C2)c1)NCCc1ccc(Cl)nc1. The number of halogens is 1. The highest BCUT2D eigenvalue weighted by molar-refractivity contribution is 6.29. The summed E-state index contributed by atoms with van der Waals surface area (Å²) in [7, 11) is 0. The van der Waals surface area contributed by atoms with Crippen LogP contribution in [0.15, 0.2) is 41.7 Å². The average Bonchev–Trinajstić information content (AvgIpc) is 2.74. The molecule has 2 aromatic heterocycles. The van der Waals surface area contributed by atoms with Gasteiger partial charge in [-0.25, -0.2) is 15.0 Å². The Hall–Kier alpha value is -2.38. The Morgan fingerprint density at radius 3 is 2.93 bits per heavy atom. The summed E-state index contributed by atoms with van der Waals surface area (Å²) in [5.41, 5.74) is 2.27. The van der Waals surface area contributed by atoms with Crippen LogP contribution in [0.5, 0.6) is 0 Å². The van der Waals surface area contributed by atoms with Crippen LogP contribution < -0.4 is 15.5 Å². The van der Waals surface area contributed by atoms with E-state index in [0.29, 0.717) is 11.7 Å². The maximum Gasteiger partial charge on any atom is 0.191 e. The maximum absolute atomic E-state index is 5.84. The number of morpholine rings is 1. The number of aliphatic imine (C=N–C) groups is 1. The molecule has 1 fully saturated rings. The molecule has 156 valence electrons. The minimum absolute atomic E-state index is 0.229. The van der Waals surface area contributed by atoms with E-state index in [0.717, 1.165) is 62.1 Å². The van der Waals surface area contributed by atoms with Crippen LogP contribution in [0.1, 0.15) is 25.0 Å². The van der Waals surface area contributed by atoms with Crippen molar-refractivity contribution in [3.63, 3.8) is 0 Å². The molecule has 0 spiro atoms. The number of anilines is 1. The third-order valence-electron chi connectivity index (χ3n) is 4.63. The molecule has 3 heterocycles. The average molecular weight is 417 g/mol. The van der Waals surface area contributed by atoms with Gasteiger partial charge in [-0.05, 0) is 49.6 Å². The predicted octanol–water partition coefficient (Wildman–Crippen LogP) is 2.65.